The van der Waals surface area contributed by atoms with Crippen molar-refractivity contribution in [3.8, 4) is 5.88 Å². The van der Waals surface area contributed by atoms with Gasteiger partial charge in [-0.05, 0) is 39.2 Å². The van der Waals surface area contributed by atoms with E-state index in [-0.39, 0.29) is 24.3 Å². The molecule has 2 unspecified atom stereocenters. The highest BCUT2D eigenvalue weighted by Crippen LogP contribution is 2.24. The molecule has 1 heterocycles. The van der Waals surface area contributed by atoms with Gasteiger partial charge in [-0.1, -0.05) is 6.42 Å². The Morgan fingerprint density at radius 2 is 1.95 bits per heavy atom. The average Bonchev–Trinajstić information content (AvgIpc) is 2.48. The highest BCUT2D eigenvalue weighted by molar-refractivity contribution is 5.89. The fraction of sp³-hybridized carbons (Fsp3) is 0.625. The van der Waals surface area contributed by atoms with E-state index < -0.39 is 0 Å². The molecule has 116 valence electrons. The van der Waals surface area contributed by atoms with Crippen molar-refractivity contribution in [3.05, 3.63) is 23.9 Å². The summed E-state index contributed by atoms with van der Waals surface area (Å²) in [4.78, 5) is 16.3. The zero-order valence-corrected chi connectivity index (χ0v) is 12.9. The number of rotatable bonds is 5. The Morgan fingerprint density at radius 1 is 1.24 bits per heavy atom. The summed E-state index contributed by atoms with van der Waals surface area (Å²) < 4.78 is 16.4. The number of nitrogens with zero attached hydrogens (tertiary/aromatic N) is 1. The average molecular weight is 293 g/mol. The Morgan fingerprint density at radius 3 is 2.52 bits per heavy atom. The molecule has 1 aliphatic carbocycles. The number of pyridine rings is 1. The molecule has 2 rings (SSSR count). The van der Waals surface area contributed by atoms with Gasteiger partial charge in [0.05, 0.1) is 17.8 Å². The first-order valence-electron chi connectivity index (χ1n) is 7.46. The molecule has 1 fully saturated rings. The molecule has 0 radical (unpaired) electrons. The molecular formula is C16H23NO4. The van der Waals surface area contributed by atoms with Crippen molar-refractivity contribution in [1.29, 1.82) is 0 Å². The topological polar surface area (TPSA) is 57.7 Å². The van der Waals surface area contributed by atoms with Crippen LogP contribution in [0.5, 0.6) is 5.88 Å². The van der Waals surface area contributed by atoms with E-state index in [4.69, 9.17) is 14.2 Å². The molecule has 5 nitrogen and oxygen atoms in total. The van der Waals surface area contributed by atoms with Crippen molar-refractivity contribution in [2.75, 3.05) is 7.11 Å². The van der Waals surface area contributed by atoms with E-state index in [0.29, 0.717) is 11.4 Å². The van der Waals surface area contributed by atoms with Gasteiger partial charge < -0.3 is 14.2 Å². The summed E-state index contributed by atoms with van der Waals surface area (Å²) in [5.74, 6) is 0.154. The number of carbonyl (C=O) groups is 1. The third kappa shape index (κ3) is 4.43. The number of carbonyl (C=O) groups excluding carboxylic acids is 1. The molecular weight excluding hydrogens is 270 g/mol. The van der Waals surface area contributed by atoms with Gasteiger partial charge in [-0.15, -0.1) is 0 Å². The highest BCUT2D eigenvalue weighted by Gasteiger charge is 2.28. The maximum absolute atomic E-state index is 12.1. The zero-order chi connectivity index (χ0) is 15.2. The third-order valence-electron chi connectivity index (χ3n) is 3.53. The minimum atomic E-state index is -0.354. The lowest BCUT2D eigenvalue weighted by molar-refractivity contribution is -0.0539. The van der Waals surface area contributed by atoms with Gasteiger partial charge in [-0.25, -0.2) is 9.78 Å². The molecule has 0 aromatic carbocycles. The zero-order valence-electron chi connectivity index (χ0n) is 12.9. The summed E-state index contributed by atoms with van der Waals surface area (Å²) in [7, 11) is 1.66. The summed E-state index contributed by atoms with van der Waals surface area (Å²) >= 11 is 0. The van der Waals surface area contributed by atoms with Crippen LogP contribution in [0.3, 0.4) is 0 Å². The summed E-state index contributed by atoms with van der Waals surface area (Å²) in [6.07, 6.45) is 5.36. The Hall–Kier alpha value is -1.62. The van der Waals surface area contributed by atoms with Crippen LogP contribution in [-0.2, 0) is 9.47 Å². The second-order valence-corrected chi connectivity index (χ2v) is 5.55. The fourth-order valence-corrected chi connectivity index (χ4v) is 2.49. The number of esters is 1. The maximum Gasteiger partial charge on any atom is 0.340 e. The summed E-state index contributed by atoms with van der Waals surface area (Å²) in [6.45, 7) is 3.86. The van der Waals surface area contributed by atoms with Crippen LogP contribution in [0.25, 0.3) is 0 Å². The van der Waals surface area contributed by atoms with Gasteiger partial charge in [-0.3, -0.25) is 0 Å². The third-order valence-corrected chi connectivity index (χ3v) is 3.53. The van der Waals surface area contributed by atoms with Crippen molar-refractivity contribution in [3.63, 3.8) is 0 Å². The number of ether oxygens (including phenoxy) is 3. The largest absolute Gasteiger partial charge is 0.475 e. The molecule has 0 aliphatic heterocycles. The molecule has 0 saturated heterocycles. The van der Waals surface area contributed by atoms with Crippen LogP contribution >= 0.6 is 0 Å². The van der Waals surface area contributed by atoms with E-state index in [2.05, 4.69) is 4.98 Å². The number of hydrogen-bond acceptors (Lipinski definition) is 5. The fourth-order valence-electron chi connectivity index (χ4n) is 2.49. The standard InChI is InChI=1S/C16H23NO4/c1-11(2)20-15-9-8-12(10-17-15)16(18)21-14-7-5-4-6-13(14)19-3/h8-11,13-14H,4-7H2,1-3H3. The Balaban J connectivity index is 1.96. The summed E-state index contributed by atoms with van der Waals surface area (Å²) in [5, 5.41) is 0. The van der Waals surface area contributed by atoms with E-state index >= 15 is 0 Å². The second kappa shape index (κ2) is 7.41. The predicted molar refractivity (Wildman–Crippen MR) is 78.5 cm³/mol. The van der Waals surface area contributed by atoms with Crippen LogP contribution in [0.2, 0.25) is 0 Å². The molecule has 2 atom stereocenters. The molecule has 0 spiro atoms. The predicted octanol–water partition coefficient (Wildman–Crippen LogP) is 2.98. The van der Waals surface area contributed by atoms with E-state index in [1.54, 1.807) is 19.2 Å². The van der Waals surface area contributed by atoms with Gasteiger partial charge in [0.2, 0.25) is 5.88 Å². The summed E-state index contributed by atoms with van der Waals surface area (Å²) in [6, 6.07) is 3.36. The minimum absolute atomic E-state index is 0.000735. The summed E-state index contributed by atoms with van der Waals surface area (Å²) in [5.41, 5.74) is 0.437. The van der Waals surface area contributed by atoms with Crippen LogP contribution in [0.4, 0.5) is 0 Å². The first-order chi connectivity index (χ1) is 10.1. The lowest BCUT2D eigenvalue weighted by Crippen LogP contribution is -2.35. The molecule has 5 heteroatoms. The van der Waals surface area contributed by atoms with Crippen LogP contribution < -0.4 is 4.74 Å². The molecule has 1 saturated carbocycles. The van der Waals surface area contributed by atoms with Crippen LogP contribution in [0, 0.1) is 0 Å². The van der Waals surface area contributed by atoms with Gasteiger partial charge in [0.15, 0.2) is 0 Å². The minimum Gasteiger partial charge on any atom is -0.475 e. The van der Waals surface area contributed by atoms with Crippen LogP contribution in [0.15, 0.2) is 18.3 Å². The molecule has 1 aliphatic rings. The molecule has 1 aromatic heterocycles. The smallest absolute Gasteiger partial charge is 0.340 e. The Kier molecular flexibility index (Phi) is 5.56. The molecule has 0 amide bonds. The van der Waals surface area contributed by atoms with Crippen molar-refractivity contribution >= 4 is 5.97 Å². The Labute approximate surface area is 125 Å². The second-order valence-electron chi connectivity index (χ2n) is 5.55. The van der Waals surface area contributed by atoms with Gasteiger partial charge in [0.1, 0.15) is 6.10 Å². The first kappa shape index (κ1) is 15.8. The lowest BCUT2D eigenvalue weighted by Gasteiger charge is -2.29. The molecule has 0 N–H and O–H groups in total. The highest BCUT2D eigenvalue weighted by atomic mass is 16.6. The first-order valence-corrected chi connectivity index (χ1v) is 7.46. The number of hydrogen-bond donors (Lipinski definition) is 0. The van der Waals surface area contributed by atoms with Crippen LogP contribution in [0.1, 0.15) is 49.9 Å². The quantitative estimate of drug-likeness (QED) is 0.781. The van der Waals surface area contributed by atoms with Gasteiger partial charge in [0.25, 0.3) is 0 Å². The van der Waals surface area contributed by atoms with Crippen molar-refractivity contribution in [1.82, 2.24) is 4.98 Å². The molecule has 21 heavy (non-hydrogen) atoms. The monoisotopic (exact) mass is 293 g/mol. The van der Waals surface area contributed by atoms with E-state index in [1.165, 1.54) is 6.20 Å². The number of methoxy groups -OCH3 is 1. The van der Waals surface area contributed by atoms with Gasteiger partial charge in [0, 0.05) is 19.4 Å². The number of aromatic nitrogens is 1. The normalized spacial score (nSPS) is 22.1. The molecule has 1 aromatic rings. The van der Waals surface area contributed by atoms with E-state index in [0.717, 1.165) is 25.7 Å². The maximum atomic E-state index is 12.1. The molecule has 0 bridgehead atoms. The van der Waals surface area contributed by atoms with Crippen molar-refractivity contribution in [2.24, 2.45) is 0 Å². The van der Waals surface area contributed by atoms with Crippen molar-refractivity contribution < 1.29 is 19.0 Å². The van der Waals surface area contributed by atoms with Gasteiger partial charge >= 0.3 is 5.97 Å². The lowest BCUT2D eigenvalue weighted by atomic mass is 9.94. The van der Waals surface area contributed by atoms with Gasteiger partial charge in [-0.2, -0.15) is 0 Å². The SMILES string of the molecule is COC1CCCCC1OC(=O)c1ccc(OC(C)C)nc1. The van der Waals surface area contributed by atoms with Crippen molar-refractivity contribution in [2.45, 2.75) is 57.8 Å². The van der Waals surface area contributed by atoms with E-state index in [9.17, 15) is 4.79 Å². The van der Waals surface area contributed by atoms with E-state index in [1.807, 2.05) is 13.8 Å². The van der Waals surface area contributed by atoms with Crippen LogP contribution in [-0.4, -0.2) is 36.4 Å². The Bertz CT molecular complexity index is 458.